The van der Waals surface area contributed by atoms with Gasteiger partial charge in [0.25, 0.3) is 0 Å². The normalized spacial score (nSPS) is 24.0. The second-order valence-corrected chi connectivity index (χ2v) is 6.64. The Hall–Kier alpha value is -2.04. The molecule has 2 aliphatic carbocycles. The number of carboxylic acids is 1. The average Bonchev–Trinajstić information content (AvgIpc) is 3.38. The molecule has 1 amide bonds. The summed E-state index contributed by atoms with van der Waals surface area (Å²) < 4.78 is 5.80. The third-order valence-electron chi connectivity index (χ3n) is 4.71. The lowest BCUT2D eigenvalue weighted by molar-refractivity contribution is -0.143. The fraction of sp³-hybridized carbons (Fsp3) is 0.556. The van der Waals surface area contributed by atoms with E-state index >= 15 is 0 Å². The molecule has 0 spiro atoms. The summed E-state index contributed by atoms with van der Waals surface area (Å²) in [4.78, 5) is 23.6. The minimum Gasteiger partial charge on any atom is -0.491 e. The molecule has 1 aromatic carbocycles. The van der Waals surface area contributed by atoms with Gasteiger partial charge in [0.15, 0.2) is 0 Å². The van der Waals surface area contributed by atoms with Gasteiger partial charge < -0.3 is 15.2 Å². The van der Waals surface area contributed by atoms with Crippen molar-refractivity contribution in [3.05, 3.63) is 24.3 Å². The van der Waals surface area contributed by atoms with Crippen LogP contribution in [0.2, 0.25) is 0 Å². The number of anilines is 1. The van der Waals surface area contributed by atoms with E-state index in [2.05, 4.69) is 5.32 Å². The molecule has 2 atom stereocenters. The van der Waals surface area contributed by atoms with Gasteiger partial charge in [-0.15, -0.1) is 0 Å². The van der Waals surface area contributed by atoms with Crippen molar-refractivity contribution in [2.24, 2.45) is 17.8 Å². The van der Waals surface area contributed by atoms with Gasteiger partial charge in [-0.3, -0.25) is 9.59 Å². The quantitative estimate of drug-likeness (QED) is 0.844. The number of para-hydroxylation sites is 2. The van der Waals surface area contributed by atoms with Crippen LogP contribution in [0.15, 0.2) is 24.3 Å². The molecule has 5 nitrogen and oxygen atoms in total. The highest BCUT2D eigenvalue weighted by Gasteiger charge is 2.31. The Kier molecular flexibility index (Phi) is 4.84. The number of ether oxygens (including phenoxy) is 1. The van der Waals surface area contributed by atoms with Gasteiger partial charge in [-0.05, 0) is 50.2 Å². The predicted octanol–water partition coefficient (Wildman–Crippen LogP) is 3.30. The predicted molar refractivity (Wildman–Crippen MR) is 86.4 cm³/mol. The van der Waals surface area contributed by atoms with E-state index in [1.165, 1.54) is 12.8 Å². The summed E-state index contributed by atoms with van der Waals surface area (Å²) in [5.74, 6) is -0.192. The highest BCUT2D eigenvalue weighted by molar-refractivity contribution is 5.94. The van der Waals surface area contributed by atoms with Gasteiger partial charge in [-0.1, -0.05) is 18.6 Å². The van der Waals surface area contributed by atoms with Crippen molar-refractivity contribution in [2.45, 2.75) is 38.5 Å². The second-order valence-electron chi connectivity index (χ2n) is 6.64. The summed E-state index contributed by atoms with van der Waals surface area (Å²) >= 11 is 0. The molecule has 2 N–H and O–H groups in total. The number of hydrogen-bond donors (Lipinski definition) is 2. The van der Waals surface area contributed by atoms with E-state index in [1.807, 2.05) is 24.3 Å². The van der Waals surface area contributed by atoms with E-state index in [0.29, 0.717) is 36.8 Å². The Balaban J connectivity index is 1.61. The van der Waals surface area contributed by atoms with E-state index in [1.54, 1.807) is 0 Å². The van der Waals surface area contributed by atoms with E-state index in [0.717, 1.165) is 12.8 Å². The first-order valence-electron chi connectivity index (χ1n) is 8.39. The highest BCUT2D eigenvalue weighted by Crippen LogP contribution is 2.33. The van der Waals surface area contributed by atoms with Crippen LogP contribution < -0.4 is 10.1 Å². The summed E-state index contributed by atoms with van der Waals surface area (Å²) in [6.07, 6.45) is 5.06. The Morgan fingerprint density at radius 2 is 1.87 bits per heavy atom. The molecule has 0 heterocycles. The maximum atomic E-state index is 12.5. The standard InChI is InChI=1S/C18H23NO4/c20-17(13-4-3-5-14(10-13)18(21)22)19-15-6-1-2-7-16(15)23-11-12-8-9-12/h1-2,6-7,12-14H,3-5,8-11H2,(H,19,20)(H,21,22). The first kappa shape index (κ1) is 15.8. The lowest BCUT2D eigenvalue weighted by atomic mass is 9.81. The molecular formula is C18H23NO4. The van der Waals surface area contributed by atoms with Gasteiger partial charge in [0, 0.05) is 5.92 Å². The van der Waals surface area contributed by atoms with Crippen LogP contribution >= 0.6 is 0 Å². The number of carboxylic acid groups (broad SMARTS) is 1. The number of hydrogen-bond acceptors (Lipinski definition) is 3. The molecule has 3 rings (SSSR count). The smallest absolute Gasteiger partial charge is 0.306 e. The van der Waals surface area contributed by atoms with Gasteiger partial charge >= 0.3 is 5.97 Å². The summed E-state index contributed by atoms with van der Waals surface area (Å²) in [6.45, 7) is 0.692. The zero-order valence-corrected chi connectivity index (χ0v) is 13.2. The number of carbonyl (C=O) groups excluding carboxylic acids is 1. The van der Waals surface area contributed by atoms with Gasteiger partial charge in [0.1, 0.15) is 5.75 Å². The van der Waals surface area contributed by atoms with Crippen molar-refractivity contribution in [1.82, 2.24) is 0 Å². The molecule has 0 aliphatic heterocycles. The second kappa shape index (κ2) is 7.02. The van der Waals surface area contributed by atoms with Gasteiger partial charge in [-0.25, -0.2) is 0 Å². The zero-order valence-electron chi connectivity index (χ0n) is 13.2. The Morgan fingerprint density at radius 3 is 2.61 bits per heavy atom. The van der Waals surface area contributed by atoms with Crippen LogP contribution in [0.4, 0.5) is 5.69 Å². The number of nitrogens with one attached hydrogen (secondary N) is 1. The maximum absolute atomic E-state index is 12.5. The summed E-state index contributed by atoms with van der Waals surface area (Å²) in [5, 5.41) is 12.1. The molecule has 0 radical (unpaired) electrons. The van der Waals surface area contributed by atoms with Crippen LogP contribution in [0, 0.1) is 17.8 Å². The van der Waals surface area contributed by atoms with Crippen LogP contribution in [-0.2, 0) is 9.59 Å². The first-order valence-corrected chi connectivity index (χ1v) is 8.39. The van der Waals surface area contributed by atoms with Crippen molar-refractivity contribution < 1.29 is 19.4 Å². The van der Waals surface area contributed by atoms with Crippen LogP contribution in [0.5, 0.6) is 5.75 Å². The fourth-order valence-corrected chi connectivity index (χ4v) is 3.07. The molecule has 0 bridgehead atoms. The summed E-state index contributed by atoms with van der Waals surface area (Å²) in [5.41, 5.74) is 0.676. The number of amides is 1. The molecule has 23 heavy (non-hydrogen) atoms. The van der Waals surface area contributed by atoms with Crippen LogP contribution in [0.1, 0.15) is 38.5 Å². The largest absolute Gasteiger partial charge is 0.491 e. The number of benzene rings is 1. The summed E-state index contributed by atoms with van der Waals surface area (Å²) in [6, 6.07) is 7.44. The zero-order chi connectivity index (χ0) is 16.2. The van der Waals surface area contributed by atoms with E-state index < -0.39 is 11.9 Å². The van der Waals surface area contributed by atoms with Crippen LogP contribution in [-0.4, -0.2) is 23.6 Å². The molecule has 5 heteroatoms. The van der Waals surface area contributed by atoms with Gasteiger partial charge in [-0.2, -0.15) is 0 Å². The summed E-state index contributed by atoms with van der Waals surface area (Å²) in [7, 11) is 0. The van der Waals surface area contributed by atoms with E-state index in [9.17, 15) is 9.59 Å². The maximum Gasteiger partial charge on any atom is 0.306 e. The average molecular weight is 317 g/mol. The van der Waals surface area contributed by atoms with Crippen molar-refractivity contribution in [1.29, 1.82) is 0 Å². The molecule has 2 saturated carbocycles. The molecule has 124 valence electrons. The molecule has 0 aromatic heterocycles. The van der Waals surface area contributed by atoms with Crippen LogP contribution in [0.25, 0.3) is 0 Å². The number of rotatable bonds is 6. The number of carbonyl (C=O) groups is 2. The molecule has 2 aliphatic rings. The Bertz CT molecular complexity index is 582. The third kappa shape index (κ3) is 4.24. The fourth-order valence-electron chi connectivity index (χ4n) is 3.07. The SMILES string of the molecule is O=C(O)C1CCCC(C(=O)Nc2ccccc2OCC2CC2)C1. The molecular weight excluding hydrogens is 294 g/mol. The van der Waals surface area contributed by atoms with Crippen molar-refractivity contribution in [3.63, 3.8) is 0 Å². The number of aliphatic carboxylic acids is 1. The van der Waals surface area contributed by atoms with Crippen molar-refractivity contribution in [3.8, 4) is 5.75 Å². The van der Waals surface area contributed by atoms with Crippen LogP contribution in [0.3, 0.4) is 0 Å². The first-order chi connectivity index (χ1) is 11.1. The van der Waals surface area contributed by atoms with Crippen molar-refractivity contribution in [2.75, 3.05) is 11.9 Å². The van der Waals surface area contributed by atoms with E-state index in [-0.39, 0.29) is 11.8 Å². The topological polar surface area (TPSA) is 75.6 Å². The van der Waals surface area contributed by atoms with E-state index in [4.69, 9.17) is 9.84 Å². The molecule has 2 fully saturated rings. The minimum absolute atomic E-state index is 0.0987. The highest BCUT2D eigenvalue weighted by atomic mass is 16.5. The molecule has 2 unspecified atom stereocenters. The Morgan fingerprint density at radius 1 is 1.13 bits per heavy atom. The monoisotopic (exact) mass is 317 g/mol. The molecule has 1 aromatic rings. The lowest BCUT2D eigenvalue weighted by Gasteiger charge is -2.26. The Labute approximate surface area is 136 Å². The lowest BCUT2D eigenvalue weighted by Crippen LogP contribution is -2.31. The minimum atomic E-state index is -0.796. The molecule has 0 saturated heterocycles. The van der Waals surface area contributed by atoms with Crippen molar-refractivity contribution >= 4 is 17.6 Å². The third-order valence-corrected chi connectivity index (χ3v) is 4.71. The van der Waals surface area contributed by atoms with Gasteiger partial charge in [0.2, 0.25) is 5.91 Å². The van der Waals surface area contributed by atoms with Gasteiger partial charge in [0.05, 0.1) is 18.2 Å².